The number of carbonyl (C=O) groups is 1. The lowest BCUT2D eigenvalue weighted by molar-refractivity contribution is 0.0650. The van der Waals surface area contributed by atoms with E-state index in [-0.39, 0.29) is 18.5 Å². The van der Waals surface area contributed by atoms with Crippen LogP contribution < -0.4 is 10.6 Å². The van der Waals surface area contributed by atoms with Gasteiger partial charge in [0.25, 0.3) is 0 Å². The fourth-order valence-corrected chi connectivity index (χ4v) is 2.42. The van der Waals surface area contributed by atoms with E-state index in [4.69, 9.17) is 0 Å². The van der Waals surface area contributed by atoms with Crippen molar-refractivity contribution >= 4 is 6.03 Å². The Kier molecular flexibility index (Phi) is 4.94. The molecule has 1 aliphatic carbocycles. The van der Waals surface area contributed by atoms with Crippen molar-refractivity contribution in [2.45, 2.75) is 45.1 Å². The first kappa shape index (κ1) is 17.7. The normalized spacial score (nSPS) is 17.5. The highest BCUT2D eigenvalue weighted by Gasteiger charge is 2.46. The van der Waals surface area contributed by atoms with Crippen LogP contribution in [-0.2, 0) is 5.41 Å². The molecule has 0 radical (unpaired) electrons. The first-order valence-corrected chi connectivity index (χ1v) is 7.79. The minimum absolute atomic E-state index is 0.146. The number of nitrogens with one attached hydrogen (secondary N) is 2. The second kappa shape index (κ2) is 6.43. The van der Waals surface area contributed by atoms with E-state index in [1.54, 1.807) is 0 Å². The molecule has 1 aromatic rings. The van der Waals surface area contributed by atoms with Crippen LogP contribution in [0.2, 0.25) is 0 Å². The van der Waals surface area contributed by atoms with Crippen LogP contribution in [0, 0.1) is 17.0 Å². The van der Waals surface area contributed by atoms with E-state index in [2.05, 4.69) is 10.6 Å². The molecule has 1 fully saturated rings. The Labute approximate surface area is 135 Å². The van der Waals surface area contributed by atoms with Gasteiger partial charge in [0, 0.05) is 24.6 Å². The largest absolute Gasteiger partial charge is 0.391 e. The Bertz CT molecular complexity index is 580. The van der Waals surface area contributed by atoms with E-state index in [9.17, 15) is 18.7 Å². The van der Waals surface area contributed by atoms with Gasteiger partial charge in [-0.3, -0.25) is 0 Å². The fraction of sp³-hybridized carbons (Fsp3) is 0.588. The number of rotatable bonds is 5. The predicted octanol–water partition coefficient (Wildman–Crippen LogP) is 2.70. The van der Waals surface area contributed by atoms with Gasteiger partial charge in [0.1, 0.15) is 11.6 Å². The minimum atomic E-state index is -0.655. The SMILES string of the molecule is CC(C)(C)C(O)CNC(=O)NCC1(c2ccc(F)cc2F)CC1. The molecule has 0 spiro atoms. The van der Waals surface area contributed by atoms with Crippen molar-refractivity contribution in [2.75, 3.05) is 13.1 Å². The van der Waals surface area contributed by atoms with Crippen molar-refractivity contribution in [3.05, 3.63) is 35.4 Å². The van der Waals surface area contributed by atoms with Gasteiger partial charge in [-0.25, -0.2) is 13.6 Å². The molecule has 2 amide bonds. The maximum Gasteiger partial charge on any atom is 0.314 e. The monoisotopic (exact) mass is 326 g/mol. The molecule has 2 rings (SSSR count). The van der Waals surface area contributed by atoms with Crippen molar-refractivity contribution in [1.29, 1.82) is 0 Å². The summed E-state index contributed by atoms with van der Waals surface area (Å²) in [6.45, 7) is 6.08. The highest BCUT2D eigenvalue weighted by molar-refractivity contribution is 5.74. The standard InChI is InChI=1S/C17H24F2N2O2/c1-16(2,3)14(22)9-20-15(23)21-10-17(6-7-17)12-5-4-11(18)8-13(12)19/h4-5,8,14,22H,6-7,9-10H2,1-3H3,(H2,20,21,23). The number of benzene rings is 1. The second-order valence-electron chi connectivity index (χ2n) is 7.35. The molecule has 1 atom stereocenters. The van der Waals surface area contributed by atoms with Gasteiger partial charge in [-0.2, -0.15) is 0 Å². The number of carbonyl (C=O) groups excluding carboxylic acids is 1. The van der Waals surface area contributed by atoms with Crippen LogP contribution in [0.1, 0.15) is 39.2 Å². The van der Waals surface area contributed by atoms with Crippen LogP contribution >= 0.6 is 0 Å². The second-order valence-corrected chi connectivity index (χ2v) is 7.35. The first-order chi connectivity index (χ1) is 10.6. The van der Waals surface area contributed by atoms with Crippen LogP contribution in [0.4, 0.5) is 13.6 Å². The third-order valence-electron chi connectivity index (χ3n) is 4.40. The molecule has 1 aliphatic rings. The van der Waals surface area contributed by atoms with E-state index in [0.29, 0.717) is 5.56 Å². The van der Waals surface area contributed by atoms with E-state index < -0.39 is 29.2 Å². The molecule has 0 heterocycles. The lowest BCUT2D eigenvalue weighted by Crippen LogP contribution is -2.45. The van der Waals surface area contributed by atoms with Gasteiger partial charge in [-0.1, -0.05) is 26.8 Å². The summed E-state index contributed by atoms with van der Waals surface area (Å²) in [4.78, 5) is 11.8. The molecule has 0 aromatic heterocycles. The zero-order chi connectivity index (χ0) is 17.3. The molecule has 1 unspecified atom stereocenters. The fourth-order valence-electron chi connectivity index (χ4n) is 2.42. The van der Waals surface area contributed by atoms with Crippen LogP contribution in [0.25, 0.3) is 0 Å². The third-order valence-corrected chi connectivity index (χ3v) is 4.40. The quantitative estimate of drug-likeness (QED) is 0.779. The van der Waals surface area contributed by atoms with E-state index in [1.807, 2.05) is 20.8 Å². The molecule has 1 aromatic carbocycles. The molecule has 128 valence electrons. The van der Waals surface area contributed by atoms with Gasteiger partial charge < -0.3 is 15.7 Å². The highest BCUT2D eigenvalue weighted by Crippen LogP contribution is 2.48. The Hall–Kier alpha value is -1.69. The number of aliphatic hydroxyl groups excluding tert-OH is 1. The molecule has 0 aliphatic heterocycles. The van der Waals surface area contributed by atoms with Crippen molar-refractivity contribution in [3.8, 4) is 0 Å². The average Bonchev–Trinajstić information content (AvgIpc) is 3.22. The smallest absolute Gasteiger partial charge is 0.314 e. The minimum Gasteiger partial charge on any atom is -0.391 e. The molecule has 0 saturated heterocycles. The lowest BCUT2D eigenvalue weighted by atomic mass is 9.89. The highest BCUT2D eigenvalue weighted by atomic mass is 19.1. The molecule has 3 N–H and O–H groups in total. The molecule has 23 heavy (non-hydrogen) atoms. The van der Waals surface area contributed by atoms with Crippen molar-refractivity contribution < 1.29 is 18.7 Å². The Morgan fingerprint density at radius 1 is 1.30 bits per heavy atom. The summed E-state index contributed by atoms with van der Waals surface area (Å²) in [5.74, 6) is -1.18. The number of halogens is 2. The van der Waals surface area contributed by atoms with Gasteiger partial charge in [0.2, 0.25) is 0 Å². The van der Waals surface area contributed by atoms with Crippen molar-refractivity contribution in [2.24, 2.45) is 5.41 Å². The van der Waals surface area contributed by atoms with Crippen LogP contribution in [0.15, 0.2) is 18.2 Å². The summed E-state index contributed by atoms with van der Waals surface area (Å²) in [7, 11) is 0. The molecule has 4 nitrogen and oxygen atoms in total. The summed E-state index contributed by atoms with van der Waals surface area (Å²) in [6.07, 6.45) is 0.846. The summed E-state index contributed by atoms with van der Waals surface area (Å²) in [5, 5.41) is 15.2. The molecular formula is C17H24F2N2O2. The van der Waals surface area contributed by atoms with Gasteiger partial charge in [-0.05, 0) is 29.9 Å². The van der Waals surface area contributed by atoms with Gasteiger partial charge in [-0.15, -0.1) is 0 Å². The van der Waals surface area contributed by atoms with E-state index >= 15 is 0 Å². The van der Waals surface area contributed by atoms with Gasteiger partial charge in [0.05, 0.1) is 6.10 Å². The summed E-state index contributed by atoms with van der Waals surface area (Å²) in [5.41, 5.74) is -0.325. The average molecular weight is 326 g/mol. The Morgan fingerprint density at radius 2 is 1.96 bits per heavy atom. The molecular weight excluding hydrogens is 302 g/mol. The number of amides is 2. The maximum absolute atomic E-state index is 13.9. The van der Waals surface area contributed by atoms with Crippen LogP contribution in [0.5, 0.6) is 0 Å². The summed E-state index contributed by atoms with van der Waals surface area (Å²) < 4.78 is 26.9. The van der Waals surface area contributed by atoms with E-state index in [1.165, 1.54) is 12.1 Å². The third kappa shape index (κ3) is 4.41. The topological polar surface area (TPSA) is 61.4 Å². The number of hydrogen-bond donors (Lipinski definition) is 3. The Morgan fingerprint density at radius 3 is 2.48 bits per heavy atom. The van der Waals surface area contributed by atoms with Gasteiger partial charge >= 0.3 is 6.03 Å². The molecule has 0 bridgehead atoms. The van der Waals surface area contributed by atoms with Crippen LogP contribution in [-0.4, -0.2) is 30.3 Å². The van der Waals surface area contributed by atoms with Gasteiger partial charge in [0.15, 0.2) is 0 Å². The number of hydrogen-bond acceptors (Lipinski definition) is 2. The predicted molar refractivity (Wildman–Crippen MR) is 84.1 cm³/mol. The summed E-state index contributed by atoms with van der Waals surface area (Å²) >= 11 is 0. The molecule has 1 saturated carbocycles. The van der Waals surface area contributed by atoms with Crippen molar-refractivity contribution in [3.63, 3.8) is 0 Å². The van der Waals surface area contributed by atoms with E-state index in [0.717, 1.165) is 18.9 Å². The zero-order valence-corrected chi connectivity index (χ0v) is 13.7. The summed E-state index contributed by atoms with van der Waals surface area (Å²) in [6, 6.07) is 3.15. The number of aliphatic hydroxyl groups is 1. The zero-order valence-electron chi connectivity index (χ0n) is 13.7. The maximum atomic E-state index is 13.9. The van der Waals surface area contributed by atoms with Crippen LogP contribution in [0.3, 0.4) is 0 Å². The lowest BCUT2D eigenvalue weighted by Gasteiger charge is -2.26. The first-order valence-electron chi connectivity index (χ1n) is 7.79. The van der Waals surface area contributed by atoms with Crippen molar-refractivity contribution in [1.82, 2.24) is 10.6 Å². The molecule has 6 heteroatoms. The number of urea groups is 1. The Balaban J connectivity index is 1.87.